The Labute approximate surface area is 145 Å². The first-order chi connectivity index (χ1) is 11.3. The van der Waals surface area contributed by atoms with Gasteiger partial charge in [-0.2, -0.15) is 0 Å². The van der Waals surface area contributed by atoms with E-state index in [0.717, 1.165) is 12.1 Å². The maximum atomic E-state index is 12.0. The van der Waals surface area contributed by atoms with Crippen molar-refractivity contribution in [2.24, 2.45) is 0 Å². The minimum absolute atomic E-state index is 0.324. The van der Waals surface area contributed by atoms with E-state index in [9.17, 15) is 19.7 Å². The van der Waals surface area contributed by atoms with E-state index in [0.29, 0.717) is 15.7 Å². The Balaban J connectivity index is 1.99. The third kappa shape index (κ3) is 4.46. The number of halogens is 2. The van der Waals surface area contributed by atoms with Gasteiger partial charge >= 0.3 is 11.9 Å². The van der Waals surface area contributed by atoms with Gasteiger partial charge in [-0.05, 0) is 31.2 Å². The van der Waals surface area contributed by atoms with Gasteiger partial charge in [-0.15, -0.1) is 0 Å². The molecule has 0 unspecified atom stereocenters. The van der Waals surface area contributed by atoms with Gasteiger partial charge < -0.3 is 14.5 Å². The molecule has 0 saturated carbocycles. The molecule has 126 valence electrons. The van der Waals surface area contributed by atoms with Crippen molar-refractivity contribution < 1.29 is 23.7 Å². The Morgan fingerprint density at radius 3 is 2.42 bits per heavy atom. The predicted octanol–water partition coefficient (Wildman–Crippen LogP) is 3.68. The molecule has 1 aromatic heterocycles. The first-order valence-corrected chi connectivity index (χ1v) is 7.24. The summed E-state index contributed by atoms with van der Waals surface area (Å²) in [6.07, 6.45) is -1.18. The van der Waals surface area contributed by atoms with E-state index in [1.165, 1.54) is 25.1 Å². The largest absolute Gasteiger partial charge is 0.447 e. The maximum absolute atomic E-state index is 12.0. The van der Waals surface area contributed by atoms with Crippen LogP contribution in [0.5, 0.6) is 0 Å². The van der Waals surface area contributed by atoms with Crippen molar-refractivity contribution in [2.45, 2.75) is 13.0 Å². The monoisotopic (exact) mass is 372 g/mol. The minimum Gasteiger partial charge on any atom is -0.447 e. The van der Waals surface area contributed by atoms with Crippen molar-refractivity contribution in [3.8, 4) is 0 Å². The number of hydrogen-bond acceptors (Lipinski definition) is 6. The Kier molecular flexibility index (Phi) is 5.42. The van der Waals surface area contributed by atoms with Crippen molar-refractivity contribution in [2.75, 3.05) is 5.32 Å². The quantitative estimate of drug-likeness (QED) is 0.486. The van der Waals surface area contributed by atoms with Crippen LogP contribution < -0.4 is 5.32 Å². The molecule has 0 saturated heterocycles. The lowest BCUT2D eigenvalue weighted by atomic mass is 10.3. The standard InChI is InChI=1S/C14H10Cl2N2O6/c1-7(13(19)17-10-5-8(15)4-9(16)6-10)23-14(20)11-2-3-12(24-11)18(21)22/h2-7H,1H3,(H,17,19)/t7-/m0/s1. The summed E-state index contributed by atoms with van der Waals surface area (Å²) in [7, 11) is 0. The second-order valence-corrected chi connectivity index (χ2v) is 5.46. The summed E-state index contributed by atoms with van der Waals surface area (Å²) in [5.41, 5.74) is 0.328. The average Bonchev–Trinajstić information content (AvgIpc) is 2.96. The second-order valence-electron chi connectivity index (χ2n) is 4.59. The van der Waals surface area contributed by atoms with Crippen LogP contribution in [0.2, 0.25) is 10.0 Å². The molecule has 0 spiro atoms. The SMILES string of the molecule is C[C@H](OC(=O)c1ccc([N+](=O)[O-])o1)C(=O)Nc1cc(Cl)cc(Cl)c1. The highest BCUT2D eigenvalue weighted by Gasteiger charge is 2.23. The number of esters is 1. The zero-order valence-electron chi connectivity index (χ0n) is 12.1. The Bertz CT molecular complexity index is 784. The molecule has 10 heteroatoms. The molecule has 2 aromatic rings. The van der Waals surface area contributed by atoms with Crippen LogP contribution in [-0.2, 0) is 9.53 Å². The molecule has 1 heterocycles. The van der Waals surface area contributed by atoms with Gasteiger partial charge in [0.25, 0.3) is 5.91 Å². The molecule has 8 nitrogen and oxygen atoms in total. The van der Waals surface area contributed by atoms with Crippen LogP contribution in [0.3, 0.4) is 0 Å². The van der Waals surface area contributed by atoms with Crippen molar-refractivity contribution in [1.82, 2.24) is 0 Å². The second kappa shape index (κ2) is 7.33. The highest BCUT2D eigenvalue weighted by molar-refractivity contribution is 6.35. The zero-order valence-corrected chi connectivity index (χ0v) is 13.6. The Hall–Kier alpha value is -2.58. The van der Waals surface area contributed by atoms with Gasteiger partial charge in [-0.25, -0.2) is 4.79 Å². The molecule has 2 rings (SSSR count). The molecule has 1 atom stereocenters. The number of carbonyl (C=O) groups is 2. The molecule has 24 heavy (non-hydrogen) atoms. The van der Waals surface area contributed by atoms with Gasteiger partial charge in [0.1, 0.15) is 4.92 Å². The van der Waals surface area contributed by atoms with E-state index in [4.69, 9.17) is 32.4 Å². The van der Waals surface area contributed by atoms with Crippen LogP contribution in [0.15, 0.2) is 34.7 Å². The van der Waals surface area contributed by atoms with Gasteiger partial charge in [-0.3, -0.25) is 14.9 Å². The van der Waals surface area contributed by atoms with E-state index in [-0.39, 0.29) is 5.76 Å². The number of anilines is 1. The lowest BCUT2D eigenvalue weighted by molar-refractivity contribution is -0.402. The molecule has 0 aliphatic rings. The normalized spacial score (nSPS) is 11.6. The van der Waals surface area contributed by atoms with Crippen LogP contribution in [0, 0.1) is 10.1 Å². The fourth-order valence-corrected chi connectivity index (χ4v) is 2.20. The summed E-state index contributed by atoms with van der Waals surface area (Å²) in [5.74, 6) is -2.63. The fraction of sp³-hybridized carbons (Fsp3) is 0.143. The summed E-state index contributed by atoms with van der Waals surface area (Å²) >= 11 is 11.6. The summed E-state index contributed by atoms with van der Waals surface area (Å²) in [6, 6.07) is 6.52. The van der Waals surface area contributed by atoms with Crippen molar-refractivity contribution >= 4 is 46.6 Å². The topological polar surface area (TPSA) is 112 Å². The van der Waals surface area contributed by atoms with Gasteiger partial charge in [0.15, 0.2) is 6.10 Å². The van der Waals surface area contributed by atoms with Crippen LogP contribution in [-0.4, -0.2) is 22.9 Å². The van der Waals surface area contributed by atoms with E-state index < -0.39 is 28.8 Å². The third-order valence-electron chi connectivity index (χ3n) is 2.76. The number of nitrogens with one attached hydrogen (secondary N) is 1. The fourth-order valence-electron chi connectivity index (χ4n) is 1.68. The van der Waals surface area contributed by atoms with E-state index >= 15 is 0 Å². The number of hydrogen-bond donors (Lipinski definition) is 1. The summed E-state index contributed by atoms with van der Waals surface area (Å²) in [5, 5.41) is 13.6. The van der Waals surface area contributed by atoms with Crippen molar-refractivity contribution in [3.63, 3.8) is 0 Å². The van der Waals surface area contributed by atoms with E-state index in [1.807, 2.05) is 0 Å². The number of nitrogens with zero attached hydrogens (tertiary/aromatic N) is 1. The molecule has 0 aliphatic carbocycles. The van der Waals surface area contributed by atoms with Crippen molar-refractivity contribution in [1.29, 1.82) is 0 Å². The van der Waals surface area contributed by atoms with Crippen LogP contribution in [0.25, 0.3) is 0 Å². The number of rotatable bonds is 5. The molecule has 0 fully saturated rings. The lowest BCUT2D eigenvalue weighted by Crippen LogP contribution is -2.29. The first-order valence-electron chi connectivity index (χ1n) is 6.48. The van der Waals surface area contributed by atoms with Gasteiger partial charge in [0.05, 0.1) is 6.07 Å². The molecular weight excluding hydrogens is 363 g/mol. The Morgan fingerprint density at radius 1 is 1.25 bits per heavy atom. The third-order valence-corrected chi connectivity index (χ3v) is 3.19. The van der Waals surface area contributed by atoms with Gasteiger partial charge in [0, 0.05) is 15.7 Å². The number of benzene rings is 1. The molecular formula is C14H10Cl2N2O6. The van der Waals surface area contributed by atoms with Gasteiger partial charge in [-0.1, -0.05) is 23.2 Å². The highest BCUT2D eigenvalue weighted by atomic mass is 35.5. The summed E-state index contributed by atoms with van der Waals surface area (Å²) in [4.78, 5) is 33.5. The lowest BCUT2D eigenvalue weighted by Gasteiger charge is -2.13. The number of carbonyl (C=O) groups excluding carboxylic acids is 2. The molecule has 1 amide bonds. The maximum Gasteiger partial charge on any atom is 0.433 e. The summed E-state index contributed by atoms with van der Waals surface area (Å²) in [6.45, 7) is 1.33. The Morgan fingerprint density at radius 2 is 1.88 bits per heavy atom. The van der Waals surface area contributed by atoms with E-state index in [2.05, 4.69) is 5.32 Å². The van der Waals surface area contributed by atoms with Crippen molar-refractivity contribution in [3.05, 3.63) is 56.3 Å². The molecule has 1 N–H and O–H groups in total. The average molecular weight is 373 g/mol. The number of amides is 1. The molecule has 0 aliphatic heterocycles. The smallest absolute Gasteiger partial charge is 0.433 e. The first kappa shape index (κ1) is 17.8. The summed E-state index contributed by atoms with van der Waals surface area (Å²) < 4.78 is 9.59. The highest BCUT2D eigenvalue weighted by Crippen LogP contribution is 2.23. The van der Waals surface area contributed by atoms with Crippen LogP contribution in [0.4, 0.5) is 11.6 Å². The van der Waals surface area contributed by atoms with Gasteiger partial charge in [0.2, 0.25) is 5.76 Å². The molecule has 1 aromatic carbocycles. The number of ether oxygens (including phenoxy) is 1. The van der Waals surface area contributed by atoms with Crippen LogP contribution >= 0.6 is 23.2 Å². The van der Waals surface area contributed by atoms with Crippen LogP contribution in [0.1, 0.15) is 17.5 Å². The molecule has 0 radical (unpaired) electrons. The molecule has 0 bridgehead atoms. The predicted molar refractivity (Wildman–Crippen MR) is 85.3 cm³/mol. The number of nitro groups is 1. The zero-order chi connectivity index (χ0) is 17.9. The minimum atomic E-state index is -1.18. The number of furan rings is 1. The van der Waals surface area contributed by atoms with E-state index in [1.54, 1.807) is 0 Å².